The van der Waals surface area contributed by atoms with E-state index < -0.39 is 0 Å². The summed E-state index contributed by atoms with van der Waals surface area (Å²) in [7, 11) is 3.29. The van der Waals surface area contributed by atoms with Crippen LogP contribution < -0.4 is 14.8 Å². The minimum absolute atomic E-state index is 0.0847. The van der Waals surface area contributed by atoms with Crippen molar-refractivity contribution >= 4 is 33.1 Å². The number of ether oxygens (including phenoxy) is 2. The molecule has 0 radical (unpaired) electrons. The van der Waals surface area contributed by atoms with Crippen LogP contribution in [0.25, 0.3) is 22.0 Å². The molecule has 0 aliphatic heterocycles. The van der Waals surface area contributed by atoms with Crippen LogP contribution in [0.2, 0.25) is 0 Å². The quantitative estimate of drug-likeness (QED) is 0.435. The molecule has 1 aromatic heterocycles. The van der Waals surface area contributed by atoms with Crippen LogP contribution in [-0.4, -0.2) is 25.1 Å². The van der Waals surface area contributed by atoms with Crippen LogP contribution in [0.5, 0.6) is 11.5 Å². The molecule has 0 aliphatic rings. The van der Waals surface area contributed by atoms with Crippen molar-refractivity contribution in [3.63, 3.8) is 0 Å². The lowest BCUT2D eigenvalue weighted by molar-refractivity contribution is -0.117. The first-order valence-electron chi connectivity index (χ1n) is 9.56. The zero-order chi connectivity index (χ0) is 21.1. The third kappa shape index (κ3) is 4.14. The van der Waals surface area contributed by atoms with Crippen molar-refractivity contribution in [1.82, 2.24) is 4.98 Å². The van der Waals surface area contributed by atoms with E-state index in [2.05, 4.69) is 10.3 Å². The molecule has 1 amide bonds. The van der Waals surface area contributed by atoms with Crippen molar-refractivity contribution < 1.29 is 14.3 Å². The molecule has 30 heavy (non-hydrogen) atoms. The Morgan fingerprint density at radius 3 is 2.33 bits per heavy atom. The molecule has 4 aromatic rings. The van der Waals surface area contributed by atoms with Crippen molar-refractivity contribution in [2.45, 2.75) is 12.8 Å². The van der Waals surface area contributed by atoms with Gasteiger partial charge in [-0.25, -0.2) is 4.98 Å². The van der Waals surface area contributed by atoms with E-state index in [1.54, 1.807) is 14.2 Å². The Morgan fingerprint density at radius 1 is 0.933 bits per heavy atom. The van der Waals surface area contributed by atoms with Crippen LogP contribution in [-0.2, 0) is 4.79 Å². The fourth-order valence-corrected chi connectivity index (χ4v) is 3.95. The van der Waals surface area contributed by atoms with Gasteiger partial charge in [-0.15, -0.1) is 11.3 Å². The summed E-state index contributed by atoms with van der Waals surface area (Å²) in [5.74, 6) is 1.23. The Kier molecular flexibility index (Phi) is 5.68. The van der Waals surface area contributed by atoms with Gasteiger partial charge in [-0.1, -0.05) is 24.3 Å². The molecule has 0 spiro atoms. The summed E-state index contributed by atoms with van der Waals surface area (Å²) in [5.41, 5.74) is 2.76. The highest BCUT2D eigenvalue weighted by Gasteiger charge is 2.17. The number of carbonyl (C=O) groups excluding carboxylic acids is 1. The lowest BCUT2D eigenvalue weighted by Crippen LogP contribution is -2.18. The van der Waals surface area contributed by atoms with Crippen molar-refractivity contribution in [3.8, 4) is 22.8 Å². The molecule has 152 valence electrons. The van der Waals surface area contributed by atoms with E-state index in [-0.39, 0.29) is 11.8 Å². The number of hydrogen-bond acceptors (Lipinski definition) is 5. The van der Waals surface area contributed by atoms with Crippen molar-refractivity contribution in [1.29, 1.82) is 0 Å². The van der Waals surface area contributed by atoms with Crippen LogP contribution in [0.1, 0.15) is 18.4 Å². The number of nitrogens with one attached hydrogen (secondary N) is 1. The summed E-state index contributed by atoms with van der Waals surface area (Å²) < 4.78 is 10.5. The monoisotopic (exact) mass is 418 g/mol. The van der Waals surface area contributed by atoms with Crippen molar-refractivity contribution in [2.24, 2.45) is 0 Å². The number of amides is 1. The fraction of sp³-hybridized carbons (Fsp3) is 0.167. The third-order valence-electron chi connectivity index (χ3n) is 5.08. The minimum Gasteiger partial charge on any atom is -0.497 e. The highest BCUT2D eigenvalue weighted by atomic mass is 32.1. The Morgan fingerprint density at radius 2 is 1.60 bits per heavy atom. The first-order chi connectivity index (χ1) is 14.6. The Hall–Kier alpha value is -3.38. The molecule has 4 rings (SSSR count). The summed E-state index contributed by atoms with van der Waals surface area (Å²) in [4.78, 5) is 17.4. The number of nitrogens with zero attached hydrogens (tertiary/aromatic N) is 1. The molecule has 1 atom stereocenters. The van der Waals surface area contributed by atoms with Gasteiger partial charge in [-0.2, -0.15) is 0 Å². The molecule has 6 heteroatoms. The second-order valence-electron chi connectivity index (χ2n) is 6.95. The number of anilines is 1. The predicted octanol–water partition coefficient (Wildman–Crippen LogP) is 5.72. The topological polar surface area (TPSA) is 60.5 Å². The van der Waals surface area contributed by atoms with Crippen molar-refractivity contribution in [2.75, 3.05) is 19.5 Å². The number of hydrogen-bond donors (Lipinski definition) is 1. The molecule has 1 heterocycles. The molecular formula is C24H22N2O3S. The molecule has 0 bridgehead atoms. The summed E-state index contributed by atoms with van der Waals surface area (Å²) in [6.07, 6.45) is 0. The zero-order valence-electron chi connectivity index (χ0n) is 17.0. The van der Waals surface area contributed by atoms with E-state index in [1.807, 2.05) is 73.0 Å². The second-order valence-corrected chi connectivity index (χ2v) is 7.81. The SMILES string of the molecule is COc1ccc(-c2csc(NC(=O)C(C)c3ccc4cc(OC)ccc4c3)n2)cc1. The number of rotatable bonds is 6. The standard InChI is InChI=1S/C24H22N2O3S/c1-15(17-4-5-19-13-21(29-3)11-8-18(19)12-17)23(27)26-24-25-22(14-30-24)16-6-9-20(28-2)10-7-16/h4-15H,1-3H3,(H,25,26,27). The fourth-order valence-electron chi connectivity index (χ4n) is 3.23. The second kappa shape index (κ2) is 8.55. The maximum Gasteiger partial charge on any atom is 0.233 e. The van der Waals surface area contributed by atoms with Gasteiger partial charge in [-0.3, -0.25) is 4.79 Å². The van der Waals surface area contributed by atoms with Gasteiger partial charge in [0, 0.05) is 10.9 Å². The zero-order valence-corrected chi connectivity index (χ0v) is 17.8. The number of methoxy groups -OCH3 is 2. The van der Waals surface area contributed by atoms with E-state index in [9.17, 15) is 4.79 Å². The molecular weight excluding hydrogens is 396 g/mol. The molecule has 0 fully saturated rings. The van der Waals surface area contributed by atoms with E-state index >= 15 is 0 Å². The van der Waals surface area contributed by atoms with Gasteiger partial charge in [-0.05, 0) is 59.7 Å². The summed E-state index contributed by atoms with van der Waals surface area (Å²) in [6.45, 7) is 1.90. The number of fused-ring (bicyclic) bond motifs is 1. The van der Waals surface area contributed by atoms with Crippen LogP contribution in [0, 0.1) is 0 Å². The molecule has 1 N–H and O–H groups in total. The molecule has 5 nitrogen and oxygen atoms in total. The van der Waals surface area contributed by atoms with Gasteiger partial charge in [0.05, 0.1) is 25.8 Å². The van der Waals surface area contributed by atoms with Gasteiger partial charge in [0.15, 0.2) is 5.13 Å². The van der Waals surface area contributed by atoms with Gasteiger partial charge >= 0.3 is 0 Å². The number of carbonyl (C=O) groups is 1. The van der Waals surface area contributed by atoms with Gasteiger partial charge < -0.3 is 14.8 Å². The minimum atomic E-state index is -0.301. The Bertz CT molecular complexity index is 1180. The lowest BCUT2D eigenvalue weighted by atomic mass is 9.97. The third-order valence-corrected chi connectivity index (χ3v) is 5.84. The summed E-state index contributed by atoms with van der Waals surface area (Å²) in [5, 5.41) is 7.62. The summed E-state index contributed by atoms with van der Waals surface area (Å²) in [6, 6.07) is 19.6. The number of thiazole rings is 1. The largest absolute Gasteiger partial charge is 0.497 e. The summed E-state index contributed by atoms with van der Waals surface area (Å²) >= 11 is 1.41. The average molecular weight is 419 g/mol. The maximum atomic E-state index is 12.8. The van der Waals surface area contributed by atoms with E-state index in [1.165, 1.54) is 11.3 Å². The molecule has 1 unspecified atom stereocenters. The molecule has 0 saturated heterocycles. The lowest BCUT2D eigenvalue weighted by Gasteiger charge is -2.12. The van der Waals surface area contributed by atoms with Gasteiger partial charge in [0.2, 0.25) is 5.91 Å². The van der Waals surface area contributed by atoms with Gasteiger partial charge in [0.25, 0.3) is 0 Å². The molecule has 3 aromatic carbocycles. The van der Waals surface area contributed by atoms with Crippen LogP contribution >= 0.6 is 11.3 Å². The number of aromatic nitrogens is 1. The van der Waals surface area contributed by atoms with Crippen LogP contribution in [0.4, 0.5) is 5.13 Å². The Balaban J connectivity index is 1.48. The van der Waals surface area contributed by atoms with E-state index in [0.717, 1.165) is 39.1 Å². The molecule has 0 saturated carbocycles. The highest BCUT2D eigenvalue weighted by molar-refractivity contribution is 7.14. The van der Waals surface area contributed by atoms with E-state index in [4.69, 9.17) is 9.47 Å². The average Bonchev–Trinajstić information content (AvgIpc) is 3.26. The molecule has 0 aliphatic carbocycles. The van der Waals surface area contributed by atoms with Crippen LogP contribution in [0.15, 0.2) is 66.0 Å². The maximum absolute atomic E-state index is 12.8. The Labute approximate surface area is 179 Å². The predicted molar refractivity (Wildman–Crippen MR) is 122 cm³/mol. The first kappa shape index (κ1) is 19.9. The first-order valence-corrected chi connectivity index (χ1v) is 10.4. The smallest absolute Gasteiger partial charge is 0.233 e. The van der Waals surface area contributed by atoms with Crippen molar-refractivity contribution in [3.05, 3.63) is 71.6 Å². The van der Waals surface area contributed by atoms with Crippen LogP contribution in [0.3, 0.4) is 0 Å². The van der Waals surface area contributed by atoms with E-state index in [0.29, 0.717) is 5.13 Å². The highest BCUT2D eigenvalue weighted by Crippen LogP contribution is 2.29. The normalized spacial score (nSPS) is 11.8. The van der Waals surface area contributed by atoms with Gasteiger partial charge in [0.1, 0.15) is 11.5 Å². The number of benzene rings is 3.